The van der Waals surface area contributed by atoms with Gasteiger partial charge in [-0.1, -0.05) is 37.3 Å². The van der Waals surface area contributed by atoms with E-state index >= 15 is 0 Å². The van der Waals surface area contributed by atoms with Crippen molar-refractivity contribution < 1.29 is 13.2 Å². The molecule has 0 aliphatic carbocycles. The molecule has 0 bridgehead atoms. The summed E-state index contributed by atoms with van der Waals surface area (Å²) in [6, 6.07) is 14.3. The monoisotopic (exact) mass is 359 g/mol. The minimum absolute atomic E-state index is 0.206. The van der Waals surface area contributed by atoms with Gasteiger partial charge in [-0.3, -0.25) is 0 Å². The summed E-state index contributed by atoms with van der Waals surface area (Å²) in [5, 5.41) is 0. The molecule has 0 saturated heterocycles. The first kappa shape index (κ1) is 17.6. The quantitative estimate of drug-likeness (QED) is 0.679. The summed E-state index contributed by atoms with van der Waals surface area (Å²) in [5.74, 6) is 0.712. The van der Waals surface area contributed by atoms with Crippen LogP contribution in [-0.4, -0.2) is 38.1 Å². The van der Waals surface area contributed by atoms with Gasteiger partial charge in [-0.2, -0.15) is 0 Å². The Morgan fingerprint density at radius 2 is 1.96 bits per heavy atom. The van der Waals surface area contributed by atoms with Crippen LogP contribution in [0.1, 0.15) is 13.3 Å². The van der Waals surface area contributed by atoms with E-state index in [-0.39, 0.29) is 10.9 Å². The molecular weight excluding hydrogens is 338 g/mol. The van der Waals surface area contributed by atoms with E-state index in [1.54, 1.807) is 25.3 Å². The van der Waals surface area contributed by atoms with E-state index < -0.39 is 10.0 Å². The van der Waals surface area contributed by atoms with Gasteiger partial charge in [-0.15, -0.1) is 0 Å². The Bertz CT molecular complexity index is 952. The van der Waals surface area contributed by atoms with E-state index in [0.717, 1.165) is 11.1 Å². The molecule has 7 heteroatoms. The van der Waals surface area contributed by atoms with E-state index in [2.05, 4.69) is 14.7 Å². The Hall–Kier alpha value is -2.22. The highest BCUT2D eigenvalue weighted by Gasteiger charge is 2.20. The van der Waals surface area contributed by atoms with Crippen LogP contribution in [0.5, 0.6) is 0 Å². The molecule has 0 spiro atoms. The van der Waals surface area contributed by atoms with Crippen molar-refractivity contribution in [3.05, 3.63) is 48.5 Å². The van der Waals surface area contributed by atoms with E-state index in [0.29, 0.717) is 24.4 Å². The first-order valence-electron chi connectivity index (χ1n) is 8.10. The maximum atomic E-state index is 12.6. The van der Waals surface area contributed by atoms with Gasteiger partial charge < -0.3 is 9.72 Å². The molecule has 1 heterocycles. The number of nitrogens with one attached hydrogen (secondary N) is 2. The molecule has 0 amide bonds. The Morgan fingerprint density at radius 3 is 2.64 bits per heavy atom. The van der Waals surface area contributed by atoms with Crippen molar-refractivity contribution in [2.75, 3.05) is 13.7 Å². The predicted octanol–water partition coefficient (Wildman–Crippen LogP) is 2.93. The number of sulfonamides is 1. The lowest BCUT2D eigenvalue weighted by Gasteiger charge is -2.16. The number of imidazole rings is 1. The molecule has 0 aliphatic rings. The molecule has 1 aromatic heterocycles. The summed E-state index contributed by atoms with van der Waals surface area (Å²) in [6.45, 7) is 2.25. The van der Waals surface area contributed by atoms with Crippen LogP contribution in [0.4, 0.5) is 0 Å². The Kier molecular flexibility index (Phi) is 5.17. The number of aromatic amines is 1. The Morgan fingerprint density at radius 1 is 1.20 bits per heavy atom. The first-order valence-corrected chi connectivity index (χ1v) is 9.58. The van der Waals surface area contributed by atoms with Gasteiger partial charge in [0.15, 0.2) is 0 Å². The van der Waals surface area contributed by atoms with E-state index in [9.17, 15) is 8.42 Å². The molecule has 2 N–H and O–H groups in total. The number of aromatic nitrogens is 2. The summed E-state index contributed by atoms with van der Waals surface area (Å²) >= 11 is 0. The maximum absolute atomic E-state index is 12.6. The largest absolute Gasteiger partial charge is 0.383 e. The molecule has 2 aromatic carbocycles. The number of nitrogens with zero attached hydrogens (tertiary/aromatic N) is 1. The lowest BCUT2D eigenvalue weighted by Crippen LogP contribution is -2.37. The van der Waals surface area contributed by atoms with Crippen molar-refractivity contribution in [1.29, 1.82) is 0 Å². The van der Waals surface area contributed by atoms with Gasteiger partial charge in [0.25, 0.3) is 0 Å². The fourth-order valence-electron chi connectivity index (χ4n) is 2.61. The second-order valence-electron chi connectivity index (χ2n) is 5.81. The van der Waals surface area contributed by atoms with E-state index in [1.165, 1.54) is 0 Å². The Balaban J connectivity index is 1.93. The molecule has 6 nitrogen and oxygen atoms in total. The van der Waals surface area contributed by atoms with E-state index in [1.807, 2.05) is 37.3 Å². The highest BCUT2D eigenvalue weighted by Crippen LogP contribution is 2.22. The van der Waals surface area contributed by atoms with Crippen molar-refractivity contribution in [3.8, 4) is 11.4 Å². The molecule has 132 valence electrons. The third-order valence-electron chi connectivity index (χ3n) is 3.99. The van der Waals surface area contributed by atoms with Gasteiger partial charge in [-0.25, -0.2) is 18.1 Å². The zero-order valence-corrected chi connectivity index (χ0v) is 15.0. The highest BCUT2D eigenvalue weighted by atomic mass is 32.2. The number of hydrogen-bond donors (Lipinski definition) is 2. The lowest BCUT2D eigenvalue weighted by atomic mass is 10.2. The average Bonchev–Trinajstić information content (AvgIpc) is 3.05. The van der Waals surface area contributed by atoms with E-state index in [4.69, 9.17) is 4.74 Å². The highest BCUT2D eigenvalue weighted by molar-refractivity contribution is 7.89. The smallest absolute Gasteiger partial charge is 0.240 e. The van der Waals surface area contributed by atoms with Gasteiger partial charge in [0.1, 0.15) is 5.82 Å². The van der Waals surface area contributed by atoms with Gasteiger partial charge in [0.2, 0.25) is 10.0 Å². The number of fused-ring (bicyclic) bond motifs is 1. The standard InChI is InChI=1S/C18H21N3O3S/c1-3-14(12-24-2)21-25(22,23)15-9-10-16-17(11-15)20-18(19-16)13-7-5-4-6-8-13/h4-11,14,21H,3,12H2,1-2H3,(H,19,20). The van der Waals surface area contributed by atoms with Crippen LogP contribution >= 0.6 is 0 Å². The first-order chi connectivity index (χ1) is 12.0. The number of ether oxygens (including phenoxy) is 1. The van der Waals surface area contributed by atoms with Crippen molar-refractivity contribution in [3.63, 3.8) is 0 Å². The molecule has 0 saturated carbocycles. The topological polar surface area (TPSA) is 84.1 Å². The molecular formula is C18H21N3O3S. The summed E-state index contributed by atoms with van der Waals surface area (Å²) in [4.78, 5) is 7.92. The fourth-order valence-corrected chi connectivity index (χ4v) is 3.94. The van der Waals surface area contributed by atoms with Crippen LogP contribution in [-0.2, 0) is 14.8 Å². The van der Waals surface area contributed by atoms with Gasteiger partial charge in [0.05, 0.1) is 22.5 Å². The third-order valence-corrected chi connectivity index (χ3v) is 5.51. The number of methoxy groups -OCH3 is 1. The van der Waals surface area contributed by atoms with Crippen LogP contribution in [0.3, 0.4) is 0 Å². The fraction of sp³-hybridized carbons (Fsp3) is 0.278. The summed E-state index contributed by atoms with van der Waals surface area (Å²) in [6.07, 6.45) is 0.650. The number of hydrogen-bond acceptors (Lipinski definition) is 4. The van der Waals surface area contributed by atoms with Crippen molar-refractivity contribution in [2.45, 2.75) is 24.3 Å². The van der Waals surface area contributed by atoms with Crippen LogP contribution in [0.15, 0.2) is 53.4 Å². The molecule has 0 radical (unpaired) electrons. The molecule has 25 heavy (non-hydrogen) atoms. The van der Waals surface area contributed by atoms with Crippen molar-refractivity contribution in [2.24, 2.45) is 0 Å². The summed E-state index contributed by atoms with van der Waals surface area (Å²) in [7, 11) is -2.06. The van der Waals surface area contributed by atoms with Crippen molar-refractivity contribution >= 4 is 21.1 Å². The number of benzene rings is 2. The normalized spacial score (nSPS) is 13.2. The van der Waals surface area contributed by atoms with Crippen LogP contribution in [0, 0.1) is 0 Å². The van der Waals surface area contributed by atoms with Gasteiger partial charge in [-0.05, 0) is 24.6 Å². The van der Waals surface area contributed by atoms with Crippen LogP contribution < -0.4 is 4.72 Å². The second kappa shape index (κ2) is 7.35. The molecule has 0 fully saturated rings. The minimum atomic E-state index is -3.62. The van der Waals surface area contributed by atoms with Gasteiger partial charge >= 0.3 is 0 Å². The maximum Gasteiger partial charge on any atom is 0.240 e. The number of rotatable bonds is 7. The predicted molar refractivity (Wildman–Crippen MR) is 97.8 cm³/mol. The molecule has 1 atom stereocenters. The molecule has 3 aromatic rings. The molecule has 3 rings (SSSR count). The third kappa shape index (κ3) is 3.89. The van der Waals surface area contributed by atoms with Crippen LogP contribution in [0.2, 0.25) is 0 Å². The van der Waals surface area contributed by atoms with Gasteiger partial charge in [0, 0.05) is 18.7 Å². The minimum Gasteiger partial charge on any atom is -0.383 e. The zero-order valence-electron chi connectivity index (χ0n) is 14.2. The second-order valence-corrected chi connectivity index (χ2v) is 7.53. The van der Waals surface area contributed by atoms with Crippen LogP contribution in [0.25, 0.3) is 22.4 Å². The summed E-state index contributed by atoms with van der Waals surface area (Å²) < 4.78 is 32.9. The Labute approximate surface area is 147 Å². The zero-order chi connectivity index (χ0) is 17.9. The summed E-state index contributed by atoms with van der Waals surface area (Å²) in [5.41, 5.74) is 2.36. The SMILES string of the molecule is CCC(COC)NS(=O)(=O)c1ccc2nc(-c3ccccc3)[nH]c2c1. The molecule has 1 unspecified atom stereocenters. The average molecular weight is 359 g/mol. The number of H-pyrrole nitrogens is 1. The molecule has 0 aliphatic heterocycles. The lowest BCUT2D eigenvalue weighted by molar-refractivity contribution is 0.173. The van der Waals surface area contributed by atoms with Crippen molar-refractivity contribution in [1.82, 2.24) is 14.7 Å².